The molecule has 0 rings (SSSR count). The van der Waals surface area contributed by atoms with Gasteiger partial charge in [0.1, 0.15) is 0 Å². The van der Waals surface area contributed by atoms with Gasteiger partial charge in [-0.05, 0) is 38.5 Å². The zero-order valence-corrected chi connectivity index (χ0v) is 52.3. The van der Waals surface area contributed by atoms with Crippen LogP contribution in [0.3, 0.4) is 0 Å². The van der Waals surface area contributed by atoms with E-state index in [1.165, 1.54) is 231 Å². The van der Waals surface area contributed by atoms with Gasteiger partial charge >= 0.3 is 35.8 Å². The van der Waals surface area contributed by atoms with Crippen LogP contribution in [0.15, 0.2) is 0 Å². The molecule has 78 heavy (non-hydrogen) atoms. The number of carbonyl (C=O) groups is 6. The van der Waals surface area contributed by atoms with Gasteiger partial charge in [0, 0.05) is 38.5 Å². The van der Waals surface area contributed by atoms with Gasteiger partial charge in [-0.2, -0.15) is 0 Å². The molecule has 0 aliphatic rings. The summed E-state index contributed by atoms with van der Waals surface area (Å²) in [7, 11) is 0. The van der Waals surface area contributed by atoms with Gasteiger partial charge in [-0.1, -0.05) is 311 Å². The molecule has 0 unspecified atom stereocenters. The summed E-state index contributed by atoms with van der Waals surface area (Å²) in [5.41, 5.74) is 0. The van der Waals surface area contributed by atoms with Crippen LogP contribution in [-0.2, 0) is 28.8 Å². The third kappa shape index (κ3) is 116. The van der Waals surface area contributed by atoms with E-state index in [0.29, 0.717) is 38.5 Å². The summed E-state index contributed by atoms with van der Waals surface area (Å²) in [4.78, 5) is 61.0. The lowest BCUT2D eigenvalue weighted by atomic mass is 10.0. The smallest absolute Gasteiger partial charge is 0.303 e. The maximum atomic E-state index is 10.3. The van der Waals surface area contributed by atoms with Gasteiger partial charge in [-0.3, -0.25) is 28.8 Å². The molecule has 0 aromatic carbocycles. The van der Waals surface area contributed by atoms with Crippen LogP contribution >= 0.6 is 0 Å². The van der Waals surface area contributed by atoms with Gasteiger partial charge < -0.3 is 30.6 Å². The van der Waals surface area contributed by atoms with Crippen LogP contribution in [0.5, 0.6) is 0 Å². The van der Waals surface area contributed by atoms with Crippen LogP contribution in [0, 0.1) is 0 Å². The zero-order chi connectivity index (χ0) is 59.6. The Morgan fingerprint density at radius 2 is 0.231 bits per heavy atom. The first-order valence-corrected chi connectivity index (χ1v) is 32.9. The molecule has 0 aromatic rings. The van der Waals surface area contributed by atoms with Crippen LogP contribution in [-0.4, -0.2) is 66.5 Å². The molecule has 468 valence electrons. The average Bonchev–Trinajstić information content (AvgIpc) is 3.39. The summed E-state index contributed by atoms with van der Waals surface area (Å²) in [5.74, 6) is -3.97. The maximum absolute atomic E-state index is 10.3. The molecule has 0 spiro atoms. The summed E-state index contributed by atoms with van der Waals surface area (Å²) >= 11 is 0. The first-order valence-electron chi connectivity index (χ1n) is 32.9. The van der Waals surface area contributed by atoms with Crippen molar-refractivity contribution in [1.29, 1.82) is 0 Å². The lowest BCUT2D eigenvalue weighted by molar-refractivity contribution is -0.138. The highest BCUT2D eigenvalue weighted by Gasteiger charge is 2.01. The van der Waals surface area contributed by atoms with E-state index in [1.54, 1.807) is 0 Å². The SMILES string of the molecule is CCCCCCCCCC(=O)O.CCCCCCCCCC(=O)O.CCCCCCCCCC(=O)O.CCCCCCCCCC(=O)O.CCCCCCCCCC(=O)O.CCCCCCCCCCCCCCCC(=O)O. The Labute approximate surface area is 481 Å². The van der Waals surface area contributed by atoms with Crippen molar-refractivity contribution in [3.8, 4) is 0 Å². The topological polar surface area (TPSA) is 224 Å². The van der Waals surface area contributed by atoms with Crippen molar-refractivity contribution in [3.05, 3.63) is 0 Å². The highest BCUT2D eigenvalue weighted by Crippen LogP contribution is 2.14. The minimum atomic E-state index is -0.663. The van der Waals surface area contributed by atoms with E-state index >= 15 is 0 Å². The molecular weight excluding hydrogens is 985 g/mol. The minimum absolute atomic E-state index is 0.341. The normalized spacial score (nSPS) is 10.2. The summed E-state index contributed by atoms with van der Waals surface area (Å²) in [6.07, 6.45) is 60.5. The fourth-order valence-corrected chi connectivity index (χ4v) is 8.46. The van der Waals surface area contributed by atoms with Gasteiger partial charge in [-0.15, -0.1) is 0 Å². The predicted molar refractivity (Wildman–Crippen MR) is 329 cm³/mol. The van der Waals surface area contributed by atoms with E-state index in [0.717, 1.165) is 77.0 Å². The minimum Gasteiger partial charge on any atom is -0.481 e. The Kier molecular flexibility index (Phi) is 91.2. The zero-order valence-electron chi connectivity index (χ0n) is 52.3. The van der Waals surface area contributed by atoms with E-state index in [1.807, 2.05) is 0 Å². The predicted octanol–water partition coefficient (Wildman–Crippen LogP) is 21.6. The van der Waals surface area contributed by atoms with Gasteiger partial charge in [0.2, 0.25) is 0 Å². The lowest BCUT2D eigenvalue weighted by Crippen LogP contribution is -1.93. The fraction of sp³-hybridized carbons (Fsp3) is 0.909. The Morgan fingerprint density at radius 1 is 0.154 bits per heavy atom. The van der Waals surface area contributed by atoms with Gasteiger partial charge in [-0.25, -0.2) is 0 Å². The molecule has 12 heteroatoms. The van der Waals surface area contributed by atoms with Gasteiger partial charge in [0.05, 0.1) is 0 Å². The Morgan fingerprint density at radius 3 is 0.308 bits per heavy atom. The highest BCUT2D eigenvalue weighted by molar-refractivity contribution is 5.68. The van der Waals surface area contributed by atoms with E-state index in [9.17, 15) is 28.8 Å². The first kappa shape index (κ1) is 86.1. The second kappa shape index (κ2) is 82.7. The standard InChI is InChI=1S/C16H32O2.5C10H20O2/c1-2-3-4-5-6-7-8-9-10-11-12-13-14-15-16(17)18;5*1-2-3-4-5-6-7-8-9-10(11)12/h2-15H2,1H3,(H,17,18);5*2-9H2,1H3,(H,11,12). The summed E-state index contributed by atoms with van der Waals surface area (Å²) in [6, 6.07) is 0. The van der Waals surface area contributed by atoms with E-state index in [2.05, 4.69) is 41.5 Å². The Hall–Kier alpha value is -3.18. The van der Waals surface area contributed by atoms with Gasteiger partial charge in [0.15, 0.2) is 0 Å². The third-order valence-corrected chi connectivity index (χ3v) is 13.5. The molecule has 0 saturated carbocycles. The van der Waals surface area contributed by atoms with Crippen molar-refractivity contribution in [2.24, 2.45) is 0 Å². The van der Waals surface area contributed by atoms with Crippen LogP contribution < -0.4 is 0 Å². The molecule has 6 N–H and O–H groups in total. The maximum Gasteiger partial charge on any atom is 0.303 e. The number of carboxylic acid groups (broad SMARTS) is 6. The number of carboxylic acids is 6. The Bertz CT molecular complexity index is 1030. The molecule has 0 aliphatic carbocycles. The summed E-state index contributed by atoms with van der Waals surface area (Å²) in [5, 5.41) is 50.3. The van der Waals surface area contributed by atoms with Crippen molar-refractivity contribution in [1.82, 2.24) is 0 Å². The largest absolute Gasteiger partial charge is 0.481 e. The van der Waals surface area contributed by atoms with Crippen LogP contribution in [0.2, 0.25) is 0 Å². The molecule has 0 fully saturated rings. The third-order valence-electron chi connectivity index (χ3n) is 13.5. The molecule has 0 aromatic heterocycles. The lowest BCUT2D eigenvalue weighted by Gasteiger charge is -2.02. The van der Waals surface area contributed by atoms with E-state index in [4.69, 9.17) is 30.6 Å². The summed E-state index contributed by atoms with van der Waals surface area (Å²) < 4.78 is 0. The van der Waals surface area contributed by atoms with Crippen LogP contribution in [0.4, 0.5) is 0 Å². The number of rotatable bonds is 54. The Balaban J connectivity index is -0.000000201. The quantitative estimate of drug-likeness (QED) is 0.0313. The van der Waals surface area contributed by atoms with Crippen molar-refractivity contribution < 1.29 is 59.4 Å². The van der Waals surface area contributed by atoms with E-state index < -0.39 is 35.8 Å². The molecule has 0 saturated heterocycles. The number of unbranched alkanes of at least 4 members (excludes halogenated alkanes) is 42. The van der Waals surface area contributed by atoms with Crippen LogP contribution in [0.25, 0.3) is 0 Å². The highest BCUT2D eigenvalue weighted by atomic mass is 16.4. The molecular formula is C66H132O12. The molecule has 0 atom stereocenters. The first-order chi connectivity index (χ1) is 37.6. The van der Waals surface area contributed by atoms with Gasteiger partial charge in [0.25, 0.3) is 0 Å². The van der Waals surface area contributed by atoms with Crippen molar-refractivity contribution in [2.75, 3.05) is 0 Å². The van der Waals surface area contributed by atoms with Crippen LogP contribution in [0.1, 0.15) is 388 Å². The monoisotopic (exact) mass is 1120 g/mol. The second-order valence-electron chi connectivity index (χ2n) is 21.7. The molecule has 12 nitrogen and oxygen atoms in total. The average molecular weight is 1120 g/mol. The molecule has 0 radical (unpaired) electrons. The molecule has 0 heterocycles. The molecule has 0 bridgehead atoms. The molecule has 0 amide bonds. The van der Waals surface area contributed by atoms with Crippen molar-refractivity contribution in [3.63, 3.8) is 0 Å². The van der Waals surface area contributed by atoms with Crippen molar-refractivity contribution in [2.45, 2.75) is 388 Å². The number of hydrogen-bond acceptors (Lipinski definition) is 6. The van der Waals surface area contributed by atoms with Crippen molar-refractivity contribution >= 4 is 35.8 Å². The van der Waals surface area contributed by atoms with E-state index in [-0.39, 0.29) is 0 Å². The second-order valence-corrected chi connectivity index (χ2v) is 21.7. The fourth-order valence-electron chi connectivity index (χ4n) is 8.46. The number of hydrogen-bond donors (Lipinski definition) is 6. The molecule has 0 aliphatic heterocycles. The number of aliphatic carboxylic acids is 6. The summed E-state index contributed by atoms with van der Waals surface area (Å²) in [6.45, 7) is 13.3.